The van der Waals surface area contributed by atoms with Gasteiger partial charge in [-0.3, -0.25) is 4.79 Å². The number of rotatable bonds is 8. The van der Waals surface area contributed by atoms with Gasteiger partial charge in [-0.2, -0.15) is 0 Å². The second-order valence-electron chi connectivity index (χ2n) is 6.17. The zero-order valence-corrected chi connectivity index (χ0v) is 15.9. The van der Waals surface area contributed by atoms with Crippen LogP contribution in [0.5, 0.6) is 11.5 Å². The largest absolute Gasteiger partial charge is 0.496 e. The second-order valence-corrected chi connectivity index (χ2v) is 6.17. The number of nitrogens with one attached hydrogen (secondary N) is 1. The topological polar surface area (TPSA) is 80.9 Å². The molecular formula is C22H23NO5. The van der Waals surface area contributed by atoms with E-state index in [4.69, 9.17) is 19.0 Å². The number of carbonyl (C=O) groups excluding carboxylic acids is 1. The Balaban J connectivity index is 1.74. The molecule has 0 spiro atoms. The van der Waals surface area contributed by atoms with Crippen molar-refractivity contribution in [3.63, 3.8) is 0 Å². The Morgan fingerprint density at radius 2 is 1.89 bits per heavy atom. The molecular weight excluding hydrogens is 358 g/mol. The highest BCUT2D eigenvalue weighted by Crippen LogP contribution is 2.33. The molecule has 2 N–H and O–H groups in total. The van der Waals surface area contributed by atoms with Crippen molar-refractivity contribution in [1.82, 2.24) is 0 Å². The molecule has 0 saturated heterocycles. The highest BCUT2D eigenvalue weighted by Gasteiger charge is 2.13. The van der Waals surface area contributed by atoms with Gasteiger partial charge in [0.1, 0.15) is 29.6 Å². The van der Waals surface area contributed by atoms with E-state index in [9.17, 15) is 4.79 Å². The summed E-state index contributed by atoms with van der Waals surface area (Å²) in [5.41, 5.74) is 1.87. The van der Waals surface area contributed by atoms with Gasteiger partial charge in [0.25, 0.3) is 5.91 Å². The summed E-state index contributed by atoms with van der Waals surface area (Å²) in [6.07, 6.45) is 0.930. The van der Waals surface area contributed by atoms with Gasteiger partial charge in [0.05, 0.1) is 19.3 Å². The lowest BCUT2D eigenvalue weighted by atomic mass is 10.1. The molecule has 0 aliphatic carbocycles. The maximum Gasteiger partial charge on any atom is 0.255 e. The van der Waals surface area contributed by atoms with E-state index in [2.05, 4.69) is 5.32 Å². The molecule has 1 amide bonds. The van der Waals surface area contributed by atoms with Gasteiger partial charge in [0, 0.05) is 17.3 Å². The van der Waals surface area contributed by atoms with E-state index in [1.54, 1.807) is 61.7 Å². The summed E-state index contributed by atoms with van der Waals surface area (Å²) in [7, 11) is 1.55. The van der Waals surface area contributed by atoms with Crippen LogP contribution in [-0.2, 0) is 6.61 Å². The first-order valence-electron chi connectivity index (χ1n) is 9.06. The standard InChI is InChI=1S/C22H23NO5/c1-3-12-27-17-7-4-15(5-8-17)22(25)23-16-6-10-19(21(13-16)26-2)20-11-9-18(14-24)28-20/h4-11,13,24H,3,12,14H2,1-2H3,(H,23,25). The van der Waals surface area contributed by atoms with Crippen molar-refractivity contribution in [3.05, 3.63) is 65.9 Å². The molecule has 146 valence electrons. The fourth-order valence-corrected chi connectivity index (χ4v) is 2.71. The molecule has 0 bridgehead atoms. The lowest BCUT2D eigenvalue weighted by Gasteiger charge is -2.11. The number of carbonyl (C=O) groups is 1. The van der Waals surface area contributed by atoms with Crippen LogP contribution in [-0.4, -0.2) is 24.7 Å². The Hall–Kier alpha value is -3.25. The van der Waals surface area contributed by atoms with E-state index in [-0.39, 0.29) is 12.5 Å². The SMILES string of the molecule is CCCOc1ccc(C(=O)Nc2ccc(-c3ccc(CO)o3)c(OC)c2)cc1. The zero-order valence-electron chi connectivity index (χ0n) is 15.9. The predicted molar refractivity (Wildman–Crippen MR) is 107 cm³/mol. The van der Waals surface area contributed by atoms with Crippen LogP contribution in [0.4, 0.5) is 5.69 Å². The predicted octanol–water partition coefficient (Wildman–Crippen LogP) is 4.49. The third-order valence-corrected chi connectivity index (χ3v) is 4.13. The van der Waals surface area contributed by atoms with Gasteiger partial charge in [0.15, 0.2) is 0 Å². The number of anilines is 1. The second kappa shape index (κ2) is 9.10. The smallest absolute Gasteiger partial charge is 0.255 e. The van der Waals surface area contributed by atoms with E-state index in [1.807, 2.05) is 6.92 Å². The van der Waals surface area contributed by atoms with Crippen LogP contribution in [0.25, 0.3) is 11.3 Å². The minimum absolute atomic E-state index is 0.168. The summed E-state index contributed by atoms with van der Waals surface area (Å²) in [6.45, 7) is 2.52. The molecule has 0 radical (unpaired) electrons. The third-order valence-electron chi connectivity index (χ3n) is 4.13. The first-order valence-corrected chi connectivity index (χ1v) is 9.06. The Morgan fingerprint density at radius 1 is 1.11 bits per heavy atom. The van der Waals surface area contributed by atoms with Crippen molar-refractivity contribution in [2.75, 3.05) is 19.0 Å². The van der Waals surface area contributed by atoms with Gasteiger partial charge in [-0.25, -0.2) is 0 Å². The van der Waals surface area contributed by atoms with E-state index in [0.717, 1.165) is 17.7 Å². The molecule has 3 aromatic rings. The number of hydrogen-bond donors (Lipinski definition) is 2. The maximum atomic E-state index is 12.5. The fraction of sp³-hybridized carbons (Fsp3) is 0.227. The molecule has 2 aromatic carbocycles. The summed E-state index contributed by atoms with van der Waals surface area (Å²) >= 11 is 0. The number of ether oxygens (including phenoxy) is 2. The molecule has 0 aliphatic heterocycles. The van der Waals surface area contributed by atoms with E-state index < -0.39 is 0 Å². The molecule has 0 unspecified atom stereocenters. The lowest BCUT2D eigenvalue weighted by molar-refractivity contribution is 0.102. The van der Waals surface area contributed by atoms with Crippen LogP contribution in [0.15, 0.2) is 59.0 Å². The number of amides is 1. The Morgan fingerprint density at radius 3 is 2.54 bits per heavy atom. The van der Waals surface area contributed by atoms with E-state index >= 15 is 0 Å². The Kier molecular flexibility index (Phi) is 6.34. The van der Waals surface area contributed by atoms with Gasteiger partial charge in [0.2, 0.25) is 0 Å². The van der Waals surface area contributed by atoms with Gasteiger partial charge in [-0.05, 0) is 55.0 Å². The molecule has 0 fully saturated rings. The summed E-state index contributed by atoms with van der Waals surface area (Å²) in [6, 6.07) is 15.8. The van der Waals surface area contributed by atoms with Gasteiger partial charge >= 0.3 is 0 Å². The maximum absolute atomic E-state index is 12.5. The number of aliphatic hydroxyl groups excluding tert-OH is 1. The van der Waals surface area contributed by atoms with Gasteiger partial charge in [-0.1, -0.05) is 6.92 Å². The lowest BCUT2D eigenvalue weighted by Crippen LogP contribution is -2.12. The number of benzene rings is 2. The fourth-order valence-electron chi connectivity index (χ4n) is 2.71. The van der Waals surface area contributed by atoms with Crippen LogP contribution < -0.4 is 14.8 Å². The molecule has 1 aromatic heterocycles. The van der Waals surface area contributed by atoms with Crippen molar-refractivity contribution < 1.29 is 23.8 Å². The highest BCUT2D eigenvalue weighted by molar-refractivity contribution is 6.04. The van der Waals surface area contributed by atoms with Crippen LogP contribution in [0.1, 0.15) is 29.5 Å². The van der Waals surface area contributed by atoms with Crippen molar-refractivity contribution in [2.24, 2.45) is 0 Å². The van der Waals surface area contributed by atoms with Gasteiger partial charge < -0.3 is 24.3 Å². The molecule has 28 heavy (non-hydrogen) atoms. The van der Waals surface area contributed by atoms with Crippen LogP contribution >= 0.6 is 0 Å². The molecule has 0 atom stereocenters. The third kappa shape index (κ3) is 4.53. The van der Waals surface area contributed by atoms with Crippen molar-refractivity contribution in [3.8, 4) is 22.8 Å². The van der Waals surface area contributed by atoms with Gasteiger partial charge in [-0.15, -0.1) is 0 Å². The normalized spacial score (nSPS) is 10.5. The number of aliphatic hydroxyl groups is 1. The molecule has 0 aliphatic rings. The summed E-state index contributed by atoms with van der Waals surface area (Å²) in [5, 5.41) is 12.0. The first-order chi connectivity index (χ1) is 13.6. The number of hydrogen-bond acceptors (Lipinski definition) is 5. The monoisotopic (exact) mass is 381 g/mol. The minimum atomic E-state index is -0.225. The minimum Gasteiger partial charge on any atom is -0.496 e. The summed E-state index contributed by atoms with van der Waals surface area (Å²) in [5.74, 6) is 2.13. The van der Waals surface area contributed by atoms with Crippen LogP contribution in [0, 0.1) is 0 Å². The van der Waals surface area contributed by atoms with Crippen molar-refractivity contribution >= 4 is 11.6 Å². The average Bonchev–Trinajstić information content (AvgIpc) is 3.21. The van der Waals surface area contributed by atoms with E-state index in [0.29, 0.717) is 35.1 Å². The molecule has 3 rings (SSSR count). The molecule has 6 heteroatoms. The van der Waals surface area contributed by atoms with E-state index in [1.165, 1.54) is 0 Å². The van der Waals surface area contributed by atoms with Crippen molar-refractivity contribution in [2.45, 2.75) is 20.0 Å². The molecule has 1 heterocycles. The number of methoxy groups -OCH3 is 1. The first kappa shape index (κ1) is 19.5. The Labute approximate surface area is 163 Å². The molecule has 6 nitrogen and oxygen atoms in total. The Bertz CT molecular complexity index is 930. The van der Waals surface area contributed by atoms with Crippen LogP contribution in [0.3, 0.4) is 0 Å². The number of furan rings is 1. The zero-order chi connectivity index (χ0) is 19.9. The average molecular weight is 381 g/mol. The van der Waals surface area contributed by atoms with Crippen LogP contribution in [0.2, 0.25) is 0 Å². The molecule has 0 saturated carbocycles. The summed E-state index contributed by atoms with van der Waals surface area (Å²) < 4.78 is 16.5. The summed E-state index contributed by atoms with van der Waals surface area (Å²) in [4.78, 5) is 12.5. The quantitative estimate of drug-likeness (QED) is 0.601. The van der Waals surface area contributed by atoms with Crippen molar-refractivity contribution in [1.29, 1.82) is 0 Å². The highest BCUT2D eigenvalue weighted by atomic mass is 16.5.